The summed E-state index contributed by atoms with van der Waals surface area (Å²) in [5, 5.41) is 0. The summed E-state index contributed by atoms with van der Waals surface area (Å²) in [5.74, 6) is -7.56. The predicted molar refractivity (Wildman–Crippen MR) is 104 cm³/mol. The van der Waals surface area contributed by atoms with Gasteiger partial charge in [-0.3, -0.25) is 0 Å². The molecular weight excluding hydrogens is 384 g/mol. The van der Waals surface area contributed by atoms with Crippen LogP contribution >= 0.6 is 0 Å². The number of ether oxygens (including phenoxy) is 2. The minimum atomic E-state index is -3.82. The highest BCUT2D eigenvalue weighted by Crippen LogP contribution is 2.46. The van der Waals surface area contributed by atoms with Gasteiger partial charge in [-0.2, -0.15) is 8.78 Å². The number of allylic oxidation sites excluding steroid dienone is 4. The molecule has 158 valence electrons. The Kier molecular flexibility index (Phi) is 6.70. The van der Waals surface area contributed by atoms with E-state index in [9.17, 15) is 17.6 Å². The molecule has 1 aromatic carbocycles. The molecule has 1 atom stereocenters. The van der Waals surface area contributed by atoms with Gasteiger partial charge in [0, 0.05) is 0 Å². The van der Waals surface area contributed by atoms with Crippen molar-refractivity contribution < 1.29 is 27.0 Å². The van der Waals surface area contributed by atoms with E-state index in [2.05, 4.69) is 6.58 Å². The summed E-state index contributed by atoms with van der Waals surface area (Å²) in [6, 6.07) is 3.57. The van der Waals surface area contributed by atoms with Gasteiger partial charge < -0.3 is 9.47 Å². The molecule has 1 aromatic rings. The molecule has 1 unspecified atom stereocenters. The van der Waals surface area contributed by atoms with E-state index in [4.69, 9.17) is 9.47 Å². The lowest BCUT2D eigenvalue weighted by Gasteiger charge is -2.30. The highest BCUT2D eigenvalue weighted by molar-refractivity contribution is 5.41. The average Bonchev–Trinajstić information content (AvgIpc) is 2.71. The second kappa shape index (κ2) is 9.06. The van der Waals surface area contributed by atoms with Crippen LogP contribution in [0.25, 0.3) is 0 Å². The summed E-state index contributed by atoms with van der Waals surface area (Å²) in [6.45, 7) is 5.94. The van der Waals surface area contributed by atoms with Crippen LogP contribution in [0.3, 0.4) is 0 Å². The molecule has 0 aromatic heterocycles. The lowest BCUT2D eigenvalue weighted by Crippen LogP contribution is -2.30. The largest absolute Gasteiger partial charge is 0.491 e. The van der Waals surface area contributed by atoms with Crippen molar-refractivity contribution in [2.24, 2.45) is 11.8 Å². The van der Waals surface area contributed by atoms with Crippen molar-refractivity contribution in [3.05, 3.63) is 66.0 Å². The second-order valence-corrected chi connectivity index (χ2v) is 7.59. The SMILES string of the molecule is C=CC1CCC(COC2=C(F)C(F)(F)C(c3ccc(OCC)c(F)c3)C=C2)CC1. The number of alkyl halides is 2. The molecule has 2 nitrogen and oxygen atoms in total. The fraction of sp³-hybridized carbons (Fsp3) is 0.478. The first-order chi connectivity index (χ1) is 13.9. The van der Waals surface area contributed by atoms with Crippen LogP contribution in [0.5, 0.6) is 5.75 Å². The van der Waals surface area contributed by atoms with Crippen molar-refractivity contribution in [1.82, 2.24) is 0 Å². The van der Waals surface area contributed by atoms with Gasteiger partial charge in [0.15, 0.2) is 17.3 Å². The third-order valence-corrected chi connectivity index (χ3v) is 5.65. The van der Waals surface area contributed by atoms with Crippen molar-refractivity contribution in [1.29, 1.82) is 0 Å². The Morgan fingerprint density at radius 1 is 1.14 bits per heavy atom. The van der Waals surface area contributed by atoms with Gasteiger partial charge in [0.25, 0.3) is 0 Å². The first kappa shape index (κ1) is 21.5. The molecule has 0 spiro atoms. The molecule has 1 fully saturated rings. The number of halogens is 4. The van der Waals surface area contributed by atoms with Crippen LogP contribution in [0.15, 0.2) is 54.6 Å². The van der Waals surface area contributed by atoms with Gasteiger partial charge in [-0.1, -0.05) is 18.2 Å². The van der Waals surface area contributed by atoms with Gasteiger partial charge in [0.05, 0.1) is 19.1 Å². The summed E-state index contributed by atoms with van der Waals surface area (Å²) in [7, 11) is 0. The number of hydrogen-bond acceptors (Lipinski definition) is 2. The summed E-state index contributed by atoms with van der Waals surface area (Å²) < 4.78 is 68.5. The topological polar surface area (TPSA) is 18.5 Å². The zero-order valence-electron chi connectivity index (χ0n) is 16.5. The quantitative estimate of drug-likeness (QED) is 0.368. The monoisotopic (exact) mass is 410 g/mol. The second-order valence-electron chi connectivity index (χ2n) is 7.59. The van der Waals surface area contributed by atoms with Crippen LogP contribution in [0.4, 0.5) is 17.6 Å². The fourth-order valence-electron chi connectivity index (χ4n) is 3.89. The van der Waals surface area contributed by atoms with Crippen molar-refractivity contribution in [3.8, 4) is 5.75 Å². The molecule has 2 aliphatic carbocycles. The van der Waals surface area contributed by atoms with E-state index < -0.39 is 29.2 Å². The molecule has 0 N–H and O–H groups in total. The summed E-state index contributed by atoms with van der Waals surface area (Å²) in [5.41, 5.74) is -0.0239. The molecule has 1 saturated carbocycles. The van der Waals surface area contributed by atoms with Gasteiger partial charge in [-0.25, -0.2) is 8.78 Å². The van der Waals surface area contributed by atoms with Crippen LogP contribution in [0.1, 0.15) is 44.1 Å². The lowest BCUT2D eigenvalue weighted by atomic mass is 9.82. The number of rotatable bonds is 7. The Labute approximate surface area is 168 Å². The molecule has 0 heterocycles. The smallest absolute Gasteiger partial charge is 0.312 e. The summed E-state index contributed by atoms with van der Waals surface area (Å²) >= 11 is 0. The van der Waals surface area contributed by atoms with Crippen molar-refractivity contribution >= 4 is 0 Å². The van der Waals surface area contributed by atoms with E-state index in [1.54, 1.807) is 6.92 Å². The normalized spacial score (nSPS) is 26.3. The highest BCUT2D eigenvalue weighted by atomic mass is 19.3. The summed E-state index contributed by atoms with van der Waals surface area (Å²) in [4.78, 5) is 0. The molecular formula is C23H26F4O2. The van der Waals surface area contributed by atoms with E-state index in [0.717, 1.165) is 31.7 Å². The maximum Gasteiger partial charge on any atom is 0.312 e. The molecule has 2 aliphatic rings. The highest BCUT2D eigenvalue weighted by Gasteiger charge is 2.48. The Bertz CT molecular complexity index is 792. The van der Waals surface area contributed by atoms with Gasteiger partial charge in [0.1, 0.15) is 0 Å². The third-order valence-electron chi connectivity index (χ3n) is 5.65. The summed E-state index contributed by atoms with van der Waals surface area (Å²) in [6.07, 6.45) is 8.10. The Balaban J connectivity index is 1.69. The minimum absolute atomic E-state index is 0.0226. The van der Waals surface area contributed by atoms with Crippen LogP contribution in [-0.4, -0.2) is 19.1 Å². The Hall–Kier alpha value is -2.24. The van der Waals surface area contributed by atoms with Crippen LogP contribution in [-0.2, 0) is 4.74 Å². The standard InChI is InChI=1S/C23H26F4O2/c1-3-15-5-7-16(8-6-15)14-29-21-12-10-18(23(26,27)22(21)25)17-9-11-20(28-4-2)19(24)13-17/h3,9-13,15-16,18H,1,4-8,14H2,2H3. The van der Waals surface area contributed by atoms with Gasteiger partial charge >= 0.3 is 5.92 Å². The average molecular weight is 410 g/mol. The maximum atomic E-state index is 14.7. The van der Waals surface area contributed by atoms with Crippen LogP contribution in [0.2, 0.25) is 0 Å². The Morgan fingerprint density at radius 3 is 2.48 bits per heavy atom. The van der Waals surface area contributed by atoms with Crippen molar-refractivity contribution in [2.45, 2.75) is 44.4 Å². The van der Waals surface area contributed by atoms with E-state index in [0.29, 0.717) is 5.92 Å². The minimum Gasteiger partial charge on any atom is -0.491 e. The first-order valence-electron chi connectivity index (χ1n) is 10.0. The van der Waals surface area contributed by atoms with E-state index in [-0.39, 0.29) is 30.4 Å². The van der Waals surface area contributed by atoms with Crippen LogP contribution < -0.4 is 4.74 Å². The fourth-order valence-corrected chi connectivity index (χ4v) is 3.89. The molecule has 0 saturated heterocycles. The molecule has 3 rings (SSSR count). The first-order valence-corrected chi connectivity index (χ1v) is 10.0. The van der Waals surface area contributed by atoms with E-state index in [1.807, 2.05) is 6.08 Å². The zero-order chi connectivity index (χ0) is 21.0. The van der Waals surface area contributed by atoms with E-state index in [1.165, 1.54) is 24.3 Å². The van der Waals surface area contributed by atoms with E-state index >= 15 is 0 Å². The zero-order valence-corrected chi connectivity index (χ0v) is 16.5. The van der Waals surface area contributed by atoms with Crippen molar-refractivity contribution in [2.75, 3.05) is 13.2 Å². The number of hydrogen-bond donors (Lipinski definition) is 0. The molecule has 0 bridgehead atoms. The van der Waals surface area contributed by atoms with Crippen LogP contribution in [0, 0.1) is 17.7 Å². The molecule has 0 radical (unpaired) electrons. The van der Waals surface area contributed by atoms with Gasteiger partial charge in [-0.15, -0.1) is 6.58 Å². The number of benzene rings is 1. The molecule has 6 heteroatoms. The molecule has 29 heavy (non-hydrogen) atoms. The molecule has 0 aliphatic heterocycles. The predicted octanol–water partition coefficient (Wildman–Crippen LogP) is 6.70. The Morgan fingerprint density at radius 2 is 1.86 bits per heavy atom. The van der Waals surface area contributed by atoms with Crippen molar-refractivity contribution in [3.63, 3.8) is 0 Å². The molecule has 0 amide bonds. The third kappa shape index (κ3) is 4.68. The lowest BCUT2D eigenvalue weighted by molar-refractivity contribution is -0.00872. The van der Waals surface area contributed by atoms with Gasteiger partial charge in [-0.05, 0) is 68.2 Å². The van der Waals surface area contributed by atoms with Gasteiger partial charge in [0.2, 0.25) is 5.83 Å². The maximum absolute atomic E-state index is 14.7.